The van der Waals surface area contributed by atoms with Crippen LogP contribution in [-0.4, -0.2) is 52.5 Å². The third-order valence-corrected chi connectivity index (χ3v) is 5.23. The molecule has 1 atom stereocenters. The molecular formula is C20H22N6O2. The van der Waals surface area contributed by atoms with Crippen molar-refractivity contribution in [3.8, 4) is 0 Å². The van der Waals surface area contributed by atoms with E-state index in [-0.39, 0.29) is 11.8 Å². The summed E-state index contributed by atoms with van der Waals surface area (Å²) < 4.78 is 0. The van der Waals surface area contributed by atoms with Crippen molar-refractivity contribution in [1.29, 1.82) is 0 Å². The standard InChI is InChI=1S/C20H22N6O2/c1-12-9-15-16(10-13(12)2)26(8-7-22-11-14-3-5-21-6-4-14)18-17(23-15)19(27)25-20(28)24-18/h3-6,9,16,22H,7-8,10-11H2,1-2H3,(H,25,27,28). The molecule has 1 aromatic heterocycles. The normalized spacial score (nSPS) is 21.4. The van der Waals surface area contributed by atoms with Crippen LogP contribution in [0.5, 0.6) is 0 Å². The Hall–Kier alpha value is -3.13. The van der Waals surface area contributed by atoms with Gasteiger partial charge in [-0.3, -0.25) is 15.1 Å². The van der Waals surface area contributed by atoms with Crippen LogP contribution in [0.1, 0.15) is 25.8 Å². The van der Waals surface area contributed by atoms with Gasteiger partial charge < -0.3 is 10.2 Å². The molecule has 28 heavy (non-hydrogen) atoms. The molecule has 1 unspecified atom stereocenters. The first kappa shape index (κ1) is 18.2. The average molecular weight is 378 g/mol. The molecule has 4 rings (SSSR count). The van der Waals surface area contributed by atoms with Gasteiger partial charge in [-0.2, -0.15) is 4.99 Å². The van der Waals surface area contributed by atoms with E-state index in [0.29, 0.717) is 25.5 Å². The van der Waals surface area contributed by atoms with Crippen LogP contribution < -0.4 is 10.6 Å². The van der Waals surface area contributed by atoms with Gasteiger partial charge in [-0.1, -0.05) is 11.1 Å². The first-order chi connectivity index (χ1) is 13.5. The lowest BCUT2D eigenvalue weighted by atomic mass is 9.90. The molecule has 0 fully saturated rings. The molecule has 144 valence electrons. The number of amides is 3. The third kappa shape index (κ3) is 3.50. The number of imide groups is 1. The highest BCUT2D eigenvalue weighted by Gasteiger charge is 2.40. The molecule has 3 aliphatic rings. The fourth-order valence-corrected chi connectivity index (χ4v) is 3.58. The van der Waals surface area contributed by atoms with Gasteiger partial charge in [-0.25, -0.2) is 9.79 Å². The molecular weight excluding hydrogens is 356 g/mol. The predicted octanol–water partition coefficient (Wildman–Crippen LogP) is 1.57. The second-order valence-electron chi connectivity index (χ2n) is 7.13. The number of rotatable bonds is 5. The summed E-state index contributed by atoms with van der Waals surface area (Å²) in [5, 5.41) is 5.62. The van der Waals surface area contributed by atoms with Gasteiger partial charge in [0.15, 0.2) is 11.5 Å². The Morgan fingerprint density at radius 2 is 2.00 bits per heavy atom. The lowest BCUT2D eigenvalue weighted by molar-refractivity contribution is -0.113. The lowest BCUT2D eigenvalue weighted by Gasteiger charge is -2.40. The minimum atomic E-state index is -0.639. The fraction of sp³-hybridized carbons (Fsp3) is 0.350. The quantitative estimate of drug-likeness (QED) is 0.758. The zero-order valence-electron chi connectivity index (χ0n) is 15.9. The van der Waals surface area contributed by atoms with Crippen molar-refractivity contribution in [3.63, 3.8) is 0 Å². The van der Waals surface area contributed by atoms with E-state index < -0.39 is 11.9 Å². The van der Waals surface area contributed by atoms with Gasteiger partial charge in [0.05, 0.1) is 11.7 Å². The van der Waals surface area contributed by atoms with E-state index in [4.69, 9.17) is 0 Å². The Morgan fingerprint density at radius 1 is 1.21 bits per heavy atom. The molecule has 8 heteroatoms. The van der Waals surface area contributed by atoms with Crippen molar-refractivity contribution < 1.29 is 9.59 Å². The van der Waals surface area contributed by atoms with E-state index in [1.54, 1.807) is 12.4 Å². The number of allylic oxidation sites excluding steroid dienone is 2. The molecule has 1 aromatic rings. The number of pyridine rings is 1. The molecule has 3 amide bonds. The van der Waals surface area contributed by atoms with E-state index in [1.165, 1.54) is 11.1 Å². The maximum atomic E-state index is 12.3. The zero-order valence-corrected chi connectivity index (χ0v) is 15.9. The fourth-order valence-electron chi connectivity index (χ4n) is 3.58. The lowest BCUT2D eigenvalue weighted by Crippen LogP contribution is -2.57. The summed E-state index contributed by atoms with van der Waals surface area (Å²) in [6.07, 6.45) is 6.35. The summed E-state index contributed by atoms with van der Waals surface area (Å²) in [5.74, 6) is -0.123. The molecule has 0 radical (unpaired) electrons. The summed E-state index contributed by atoms with van der Waals surface area (Å²) in [5.41, 5.74) is 4.64. The van der Waals surface area contributed by atoms with Gasteiger partial charge in [0.25, 0.3) is 5.91 Å². The van der Waals surface area contributed by atoms with Crippen LogP contribution in [0, 0.1) is 0 Å². The Morgan fingerprint density at radius 3 is 2.79 bits per heavy atom. The minimum Gasteiger partial charge on any atom is -0.344 e. The second-order valence-corrected chi connectivity index (χ2v) is 7.13. The minimum absolute atomic E-state index is 0.0207. The van der Waals surface area contributed by atoms with Crippen molar-refractivity contribution in [3.05, 3.63) is 53.0 Å². The van der Waals surface area contributed by atoms with E-state index in [0.717, 1.165) is 17.7 Å². The first-order valence-corrected chi connectivity index (χ1v) is 9.30. The topological polar surface area (TPSA) is 99.0 Å². The Balaban J connectivity index is 1.55. The van der Waals surface area contributed by atoms with Gasteiger partial charge in [0.2, 0.25) is 0 Å². The third-order valence-electron chi connectivity index (χ3n) is 5.23. The molecule has 0 saturated heterocycles. The molecule has 2 N–H and O–H groups in total. The van der Waals surface area contributed by atoms with Crippen molar-refractivity contribution in [2.75, 3.05) is 13.1 Å². The van der Waals surface area contributed by atoms with Crippen LogP contribution in [0.15, 0.2) is 57.4 Å². The molecule has 3 heterocycles. The first-order valence-electron chi connectivity index (χ1n) is 9.30. The summed E-state index contributed by atoms with van der Waals surface area (Å²) in [6.45, 7) is 6.15. The number of nitrogens with zero attached hydrogens (tertiary/aromatic N) is 4. The van der Waals surface area contributed by atoms with E-state index in [9.17, 15) is 9.59 Å². The van der Waals surface area contributed by atoms with Crippen LogP contribution >= 0.6 is 0 Å². The number of urea groups is 1. The number of carbonyl (C=O) groups excluding carboxylic acids is 2. The number of aromatic nitrogens is 1. The van der Waals surface area contributed by atoms with Crippen LogP contribution in [-0.2, 0) is 11.3 Å². The maximum Gasteiger partial charge on any atom is 0.349 e. The Bertz CT molecular complexity index is 945. The van der Waals surface area contributed by atoms with Gasteiger partial charge in [0, 0.05) is 32.0 Å². The van der Waals surface area contributed by atoms with Gasteiger partial charge in [0.1, 0.15) is 0 Å². The summed E-state index contributed by atoms with van der Waals surface area (Å²) in [6, 6.07) is 3.27. The average Bonchev–Trinajstić information content (AvgIpc) is 2.67. The zero-order chi connectivity index (χ0) is 19.7. The van der Waals surface area contributed by atoms with Gasteiger partial charge >= 0.3 is 6.03 Å². The Labute approximate surface area is 163 Å². The SMILES string of the molecule is CC1=C(C)CC2C(=C1)N=C1C(=O)NC(=O)N=C1N2CCNCc1ccncc1. The van der Waals surface area contributed by atoms with Crippen molar-refractivity contribution in [1.82, 2.24) is 20.5 Å². The summed E-state index contributed by atoms with van der Waals surface area (Å²) >= 11 is 0. The number of hydrogen-bond acceptors (Lipinski definition) is 6. The molecule has 0 spiro atoms. The van der Waals surface area contributed by atoms with Gasteiger partial charge in [-0.15, -0.1) is 0 Å². The smallest absolute Gasteiger partial charge is 0.344 e. The highest BCUT2D eigenvalue weighted by Crippen LogP contribution is 2.32. The molecule has 8 nitrogen and oxygen atoms in total. The van der Waals surface area contributed by atoms with Crippen LogP contribution in [0.25, 0.3) is 0 Å². The maximum absolute atomic E-state index is 12.3. The molecule has 2 aliphatic heterocycles. The number of hydrogen-bond donors (Lipinski definition) is 2. The number of fused-ring (bicyclic) bond motifs is 2. The van der Waals surface area contributed by atoms with E-state index >= 15 is 0 Å². The Kier molecular flexibility index (Phi) is 4.87. The second kappa shape index (κ2) is 7.47. The van der Waals surface area contributed by atoms with Crippen molar-refractivity contribution >= 4 is 23.5 Å². The summed E-state index contributed by atoms with van der Waals surface area (Å²) in [4.78, 5) is 38.8. The number of aliphatic imine (C=N–C) groups is 2. The molecule has 0 saturated carbocycles. The largest absolute Gasteiger partial charge is 0.349 e. The monoisotopic (exact) mass is 378 g/mol. The number of amidine groups is 1. The number of nitrogens with one attached hydrogen (secondary N) is 2. The van der Waals surface area contributed by atoms with Crippen LogP contribution in [0.2, 0.25) is 0 Å². The van der Waals surface area contributed by atoms with Crippen LogP contribution in [0.4, 0.5) is 4.79 Å². The predicted molar refractivity (Wildman–Crippen MR) is 106 cm³/mol. The van der Waals surface area contributed by atoms with E-state index in [2.05, 4.69) is 32.5 Å². The van der Waals surface area contributed by atoms with Crippen molar-refractivity contribution in [2.24, 2.45) is 9.98 Å². The number of carbonyl (C=O) groups is 2. The molecule has 1 aliphatic carbocycles. The highest BCUT2D eigenvalue weighted by molar-refractivity contribution is 6.69. The van der Waals surface area contributed by atoms with Crippen molar-refractivity contribution in [2.45, 2.75) is 32.9 Å². The van der Waals surface area contributed by atoms with E-state index in [1.807, 2.05) is 30.0 Å². The molecule has 0 aromatic carbocycles. The highest BCUT2D eigenvalue weighted by atomic mass is 16.2. The van der Waals surface area contributed by atoms with Gasteiger partial charge in [-0.05, 0) is 44.0 Å². The summed E-state index contributed by atoms with van der Waals surface area (Å²) in [7, 11) is 0. The van der Waals surface area contributed by atoms with Crippen LogP contribution in [0.3, 0.4) is 0 Å². The molecule has 0 bridgehead atoms.